The zero-order chi connectivity index (χ0) is 13.0. The molecule has 0 saturated carbocycles. The summed E-state index contributed by atoms with van der Waals surface area (Å²) in [6.07, 6.45) is 5.51. The van der Waals surface area contributed by atoms with Crippen molar-refractivity contribution in [3.63, 3.8) is 0 Å². The van der Waals surface area contributed by atoms with Gasteiger partial charge in [-0.1, -0.05) is 18.2 Å². The number of aliphatic carboxylic acids is 1. The smallest absolute Gasteiger partial charge is 0.328 e. The van der Waals surface area contributed by atoms with E-state index in [4.69, 9.17) is 5.11 Å². The Balaban J connectivity index is 2.34. The molecule has 2 rings (SSSR count). The van der Waals surface area contributed by atoms with Crippen molar-refractivity contribution < 1.29 is 14.3 Å². The molecular formula is C14H10FNO2. The van der Waals surface area contributed by atoms with Crippen LogP contribution in [-0.4, -0.2) is 16.1 Å². The number of nitrogens with zero attached hydrogens (tertiary/aromatic N) is 1. The van der Waals surface area contributed by atoms with Crippen molar-refractivity contribution in [3.05, 3.63) is 60.2 Å². The Labute approximate surface area is 103 Å². The molecule has 0 bridgehead atoms. The van der Waals surface area contributed by atoms with E-state index < -0.39 is 11.8 Å². The fourth-order valence-electron chi connectivity index (χ4n) is 1.56. The maximum atomic E-state index is 13.9. The number of pyridine rings is 1. The van der Waals surface area contributed by atoms with Gasteiger partial charge < -0.3 is 5.11 Å². The summed E-state index contributed by atoms with van der Waals surface area (Å²) < 4.78 is 13.9. The van der Waals surface area contributed by atoms with Crippen LogP contribution in [0.1, 0.15) is 5.56 Å². The van der Waals surface area contributed by atoms with Crippen LogP contribution in [0.3, 0.4) is 0 Å². The Kier molecular flexibility index (Phi) is 3.48. The van der Waals surface area contributed by atoms with E-state index in [0.717, 1.165) is 6.08 Å². The van der Waals surface area contributed by atoms with Crippen LogP contribution in [0.25, 0.3) is 17.2 Å². The zero-order valence-electron chi connectivity index (χ0n) is 9.38. The molecule has 1 heterocycles. The molecule has 0 saturated heterocycles. The molecule has 0 fully saturated rings. The second-order valence-corrected chi connectivity index (χ2v) is 3.65. The van der Waals surface area contributed by atoms with Crippen molar-refractivity contribution in [2.45, 2.75) is 0 Å². The number of benzene rings is 1. The fraction of sp³-hybridized carbons (Fsp3) is 0. The van der Waals surface area contributed by atoms with Crippen molar-refractivity contribution in [2.75, 3.05) is 0 Å². The van der Waals surface area contributed by atoms with Gasteiger partial charge in [0.15, 0.2) is 0 Å². The molecule has 1 aromatic heterocycles. The lowest BCUT2D eigenvalue weighted by Gasteiger charge is -2.03. The van der Waals surface area contributed by atoms with Crippen LogP contribution < -0.4 is 0 Å². The number of carboxylic acids is 1. The van der Waals surface area contributed by atoms with Crippen LogP contribution in [0.2, 0.25) is 0 Å². The average molecular weight is 243 g/mol. The van der Waals surface area contributed by atoms with E-state index in [1.165, 1.54) is 12.1 Å². The van der Waals surface area contributed by atoms with Gasteiger partial charge in [-0.3, -0.25) is 4.98 Å². The molecule has 0 radical (unpaired) electrons. The molecule has 0 aliphatic rings. The van der Waals surface area contributed by atoms with Crippen LogP contribution >= 0.6 is 0 Å². The van der Waals surface area contributed by atoms with Crippen LogP contribution in [0.4, 0.5) is 4.39 Å². The molecule has 0 unspecified atom stereocenters. The van der Waals surface area contributed by atoms with E-state index in [1.54, 1.807) is 36.7 Å². The van der Waals surface area contributed by atoms with Crippen LogP contribution in [0.15, 0.2) is 48.8 Å². The van der Waals surface area contributed by atoms with Crippen molar-refractivity contribution >= 4 is 12.0 Å². The standard InChI is InChI=1S/C14H10FNO2/c15-13-8-10(4-6-14(17)18)3-5-12(13)11-2-1-7-16-9-11/h1-9H,(H,17,18)/b6-4+. The molecular weight excluding hydrogens is 233 g/mol. The highest BCUT2D eigenvalue weighted by Gasteiger charge is 2.05. The van der Waals surface area contributed by atoms with Gasteiger partial charge in [-0.2, -0.15) is 0 Å². The number of halogens is 1. The maximum Gasteiger partial charge on any atom is 0.328 e. The van der Waals surface area contributed by atoms with E-state index in [2.05, 4.69) is 4.98 Å². The second-order valence-electron chi connectivity index (χ2n) is 3.65. The molecule has 1 N–H and O–H groups in total. The van der Waals surface area contributed by atoms with Gasteiger partial charge in [-0.15, -0.1) is 0 Å². The Morgan fingerprint density at radius 3 is 2.78 bits per heavy atom. The summed E-state index contributed by atoms with van der Waals surface area (Å²) in [5, 5.41) is 8.49. The monoisotopic (exact) mass is 243 g/mol. The minimum atomic E-state index is -1.06. The van der Waals surface area contributed by atoms with Gasteiger partial charge in [-0.05, 0) is 23.8 Å². The van der Waals surface area contributed by atoms with Gasteiger partial charge >= 0.3 is 5.97 Å². The highest BCUT2D eigenvalue weighted by molar-refractivity contribution is 5.85. The van der Waals surface area contributed by atoms with E-state index in [1.807, 2.05) is 0 Å². The van der Waals surface area contributed by atoms with E-state index in [0.29, 0.717) is 16.7 Å². The SMILES string of the molecule is O=C(O)/C=C/c1ccc(-c2cccnc2)c(F)c1. The van der Waals surface area contributed by atoms with Gasteiger partial charge in [0, 0.05) is 29.6 Å². The van der Waals surface area contributed by atoms with Gasteiger partial charge in [0.05, 0.1) is 0 Å². The van der Waals surface area contributed by atoms with Gasteiger partial charge in [0.2, 0.25) is 0 Å². The number of rotatable bonds is 3. The summed E-state index contributed by atoms with van der Waals surface area (Å²) in [6, 6.07) is 8.05. The molecule has 4 heteroatoms. The first-order chi connectivity index (χ1) is 8.66. The van der Waals surface area contributed by atoms with E-state index >= 15 is 0 Å². The lowest BCUT2D eigenvalue weighted by Crippen LogP contribution is -1.88. The van der Waals surface area contributed by atoms with Gasteiger partial charge in [-0.25, -0.2) is 9.18 Å². The predicted molar refractivity (Wildman–Crippen MR) is 66.3 cm³/mol. The molecule has 0 aliphatic carbocycles. The summed E-state index contributed by atoms with van der Waals surface area (Å²) in [5.41, 5.74) is 1.63. The van der Waals surface area contributed by atoms with Gasteiger partial charge in [0.25, 0.3) is 0 Å². The lowest BCUT2D eigenvalue weighted by molar-refractivity contribution is -0.131. The largest absolute Gasteiger partial charge is 0.478 e. The van der Waals surface area contributed by atoms with Crippen LogP contribution in [0.5, 0.6) is 0 Å². The van der Waals surface area contributed by atoms with E-state index in [-0.39, 0.29) is 0 Å². The second kappa shape index (κ2) is 5.23. The maximum absolute atomic E-state index is 13.9. The lowest BCUT2D eigenvalue weighted by atomic mass is 10.0. The summed E-state index contributed by atoms with van der Waals surface area (Å²) in [6.45, 7) is 0. The molecule has 2 aromatic rings. The third kappa shape index (κ3) is 2.79. The minimum Gasteiger partial charge on any atom is -0.478 e. The molecule has 0 amide bonds. The fourth-order valence-corrected chi connectivity index (χ4v) is 1.56. The third-order valence-corrected chi connectivity index (χ3v) is 2.38. The first-order valence-corrected chi connectivity index (χ1v) is 5.28. The summed E-state index contributed by atoms with van der Waals surface area (Å²) in [4.78, 5) is 14.3. The van der Waals surface area contributed by atoms with Crippen LogP contribution in [-0.2, 0) is 4.79 Å². The number of carbonyl (C=O) groups is 1. The Morgan fingerprint density at radius 1 is 1.33 bits per heavy atom. The van der Waals surface area contributed by atoms with Crippen molar-refractivity contribution in [2.24, 2.45) is 0 Å². The number of aromatic nitrogens is 1. The summed E-state index contributed by atoms with van der Waals surface area (Å²) in [7, 11) is 0. The molecule has 90 valence electrons. The normalized spacial score (nSPS) is 10.7. The molecule has 0 aliphatic heterocycles. The Hall–Kier alpha value is -2.49. The first-order valence-electron chi connectivity index (χ1n) is 5.28. The molecule has 1 aromatic carbocycles. The number of hydrogen-bond donors (Lipinski definition) is 1. The highest BCUT2D eigenvalue weighted by Crippen LogP contribution is 2.23. The van der Waals surface area contributed by atoms with Gasteiger partial charge in [0.1, 0.15) is 5.82 Å². The molecule has 0 atom stereocenters. The molecule has 18 heavy (non-hydrogen) atoms. The van der Waals surface area contributed by atoms with Crippen molar-refractivity contribution in [3.8, 4) is 11.1 Å². The predicted octanol–water partition coefficient (Wildman–Crippen LogP) is 2.99. The Bertz CT molecular complexity index is 594. The number of carboxylic acid groups (broad SMARTS) is 1. The third-order valence-electron chi connectivity index (χ3n) is 2.38. The minimum absolute atomic E-state index is 0.407. The molecule has 3 nitrogen and oxygen atoms in total. The van der Waals surface area contributed by atoms with Crippen molar-refractivity contribution in [1.29, 1.82) is 0 Å². The molecule has 0 spiro atoms. The van der Waals surface area contributed by atoms with Crippen molar-refractivity contribution in [1.82, 2.24) is 4.98 Å². The topological polar surface area (TPSA) is 50.2 Å². The zero-order valence-corrected chi connectivity index (χ0v) is 9.38. The van der Waals surface area contributed by atoms with Crippen LogP contribution in [0, 0.1) is 5.82 Å². The highest BCUT2D eigenvalue weighted by atomic mass is 19.1. The summed E-state index contributed by atoms with van der Waals surface area (Å²) in [5.74, 6) is -1.47. The average Bonchev–Trinajstić information content (AvgIpc) is 2.37. The number of hydrogen-bond acceptors (Lipinski definition) is 2. The summed E-state index contributed by atoms with van der Waals surface area (Å²) >= 11 is 0. The van der Waals surface area contributed by atoms with E-state index in [9.17, 15) is 9.18 Å². The first kappa shape index (κ1) is 12.0. The quantitative estimate of drug-likeness (QED) is 0.843. The Morgan fingerprint density at radius 2 is 2.17 bits per heavy atom.